The van der Waals surface area contributed by atoms with E-state index in [1.807, 2.05) is 36.4 Å². The predicted molar refractivity (Wildman–Crippen MR) is 109 cm³/mol. The van der Waals surface area contributed by atoms with Gasteiger partial charge in [-0.25, -0.2) is 4.98 Å². The number of nitrogens with zero attached hydrogens (tertiary/aromatic N) is 1. The van der Waals surface area contributed by atoms with E-state index in [0.717, 1.165) is 24.2 Å². The van der Waals surface area contributed by atoms with Gasteiger partial charge in [0.2, 0.25) is 11.8 Å². The topological polar surface area (TPSA) is 80.7 Å². The Hall–Kier alpha value is -3.38. The number of benzene rings is 2. The van der Waals surface area contributed by atoms with E-state index in [1.165, 1.54) is 11.8 Å². The first-order valence-electron chi connectivity index (χ1n) is 9.60. The minimum atomic E-state index is -0.258. The van der Waals surface area contributed by atoms with Gasteiger partial charge in [0.05, 0.1) is 24.9 Å². The van der Waals surface area contributed by atoms with E-state index < -0.39 is 0 Å². The van der Waals surface area contributed by atoms with Crippen molar-refractivity contribution in [2.75, 3.05) is 11.9 Å². The maximum Gasteiger partial charge on any atom is 0.226 e. The Morgan fingerprint density at radius 2 is 2.03 bits per heavy atom. The van der Waals surface area contributed by atoms with Crippen molar-refractivity contribution in [1.82, 2.24) is 4.98 Å². The standard InChI is InChI=1S/C23H22N2O4/c26-13-12-22(27)25-18-7-11-23(24-15-18)28-19-8-10-21-17(14-19)6-9-20(29-21)16-4-2-1-3-5-16/h1-5,7-8,10-11,14-15,20,26H,6,9,12-13H2,(H,25,27)/t20-/m0/s1. The highest BCUT2D eigenvalue weighted by Crippen LogP contribution is 2.37. The fraction of sp³-hybridized carbons (Fsp3) is 0.217. The molecule has 2 heterocycles. The number of anilines is 1. The van der Waals surface area contributed by atoms with Crippen molar-refractivity contribution in [3.05, 3.63) is 78.0 Å². The lowest BCUT2D eigenvalue weighted by molar-refractivity contribution is -0.116. The Kier molecular flexibility index (Phi) is 5.72. The number of aliphatic hydroxyl groups excluding tert-OH is 1. The highest BCUT2D eigenvalue weighted by atomic mass is 16.5. The second-order valence-electron chi connectivity index (χ2n) is 6.83. The smallest absolute Gasteiger partial charge is 0.226 e. The van der Waals surface area contributed by atoms with Crippen LogP contribution < -0.4 is 14.8 Å². The maximum absolute atomic E-state index is 11.5. The molecule has 6 nitrogen and oxygen atoms in total. The summed E-state index contributed by atoms with van der Waals surface area (Å²) >= 11 is 0. The molecule has 0 radical (unpaired) electrons. The summed E-state index contributed by atoms with van der Waals surface area (Å²) in [4.78, 5) is 15.7. The van der Waals surface area contributed by atoms with Crippen molar-refractivity contribution in [1.29, 1.82) is 0 Å². The molecular formula is C23H22N2O4. The van der Waals surface area contributed by atoms with Crippen molar-refractivity contribution < 1.29 is 19.4 Å². The maximum atomic E-state index is 11.5. The van der Waals surface area contributed by atoms with Crippen molar-refractivity contribution in [3.8, 4) is 17.4 Å². The first-order valence-corrected chi connectivity index (χ1v) is 9.60. The lowest BCUT2D eigenvalue weighted by Crippen LogP contribution is -2.15. The molecule has 4 rings (SSSR count). The number of amides is 1. The molecule has 0 aliphatic carbocycles. The first kappa shape index (κ1) is 19.0. The van der Waals surface area contributed by atoms with Crippen LogP contribution in [0.4, 0.5) is 5.69 Å². The van der Waals surface area contributed by atoms with Crippen LogP contribution in [0, 0.1) is 0 Å². The predicted octanol–water partition coefficient (Wildman–Crippen LogP) is 4.26. The van der Waals surface area contributed by atoms with Crippen LogP contribution in [0.5, 0.6) is 17.4 Å². The van der Waals surface area contributed by atoms with Gasteiger partial charge in [-0.2, -0.15) is 0 Å². The van der Waals surface area contributed by atoms with Crippen LogP contribution in [0.2, 0.25) is 0 Å². The Labute approximate surface area is 169 Å². The second-order valence-corrected chi connectivity index (χ2v) is 6.83. The van der Waals surface area contributed by atoms with E-state index in [2.05, 4.69) is 22.4 Å². The number of aliphatic hydroxyl groups is 1. The molecule has 0 unspecified atom stereocenters. The summed E-state index contributed by atoms with van der Waals surface area (Å²) in [6.45, 7) is -0.186. The molecule has 0 bridgehead atoms. The van der Waals surface area contributed by atoms with Gasteiger partial charge in [-0.1, -0.05) is 30.3 Å². The Morgan fingerprint density at radius 1 is 1.17 bits per heavy atom. The molecule has 1 aliphatic heterocycles. The van der Waals surface area contributed by atoms with Crippen LogP contribution >= 0.6 is 0 Å². The highest BCUT2D eigenvalue weighted by Gasteiger charge is 2.21. The van der Waals surface area contributed by atoms with Gasteiger partial charge >= 0.3 is 0 Å². The number of carbonyl (C=O) groups excluding carboxylic acids is 1. The van der Waals surface area contributed by atoms with Gasteiger partial charge < -0.3 is 19.9 Å². The number of carbonyl (C=O) groups is 1. The molecule has 2 aromatic carbocycles. The third kappa shape index (κ3) is 4.73. The van der Waals surface area contributed by atoms with E-state index >= 15 is 0 Å². The zero-order valence-electron chi connectivity index (χ0n) is 15.9. The highest BCUT2D eigenvalue weighted by molar-refractivity contribution is 5.90. The molecule has 0 fully saturated rings. The van der Waals surface area contributed by atoms with Crippen molar-refractivity contribution in [2.24, 2.45) is 0 Å². The fourth-order valence-electron chi connectivity index (χ4n) is 3.29. The van der Waals surface area contributed by atoms with Gasteiger partial charge in [-0.3, -0.25) is 4.79 Å². The molecule has 0 saturated carbocycles. The van der Waals surface area contributed by atoms with Gasteiger partial charge in [-0.05, 0) is 48.2 Å². The quantitative estimate of drug-likeness (QED) is 0.657. The number of hydrogen-bond acceptors (Lipinski definition) is 5. The number of aromatic nitrogens is 1. The third-order valence-corrected chi connectivity index (χ3v) is 4.73. The molecule has 0 saturated heterocycles. The van der Waals surface area contributed by atoms with Gasteiger partial charge in [0.25, 0.3) is 0 Å². The SMILES string of the molecule is O=C(CCO)Nc1ccc(Oc2ccc3c(c2)CC[C@@H](c2ccccc2)O3)nc1. The summed E-state index contributed by atoms with van der Waals surface area (Å²) in [7, 11) is 0. The molecule has 3 aromatic rings. The summed E-state index contributed by atoms with van der Waals surface area (Å²) < 4.78 is 12.0. The Morgan fingerprint density at radius 3 is 2.79 bits per heavy atom. The van der Waals surface area contributed by atoms with Crippen molar-refractivity contribution >= 4 is 11.6 Å². The number of ether oxygens (including phenoxy) is 2. The van der Waals surface area contributed by atoms with E-state index in [0.29, 0.717) is 17.3 Å². The number of nitrogens with one attached hydrogen (secondary N) is 1. The molecule has 1 aromatic heterocycles. The third-order valence-electron chi connectivity index (χ3n) is 4.73. The summed E-state index contributed by atoms with van der Waals surface area (Å²) in [6.07, 6.45) is 3.48. The first-order chi connectivity index (χ1) is 14.2. The van der Waals surface area contributed by atoms with Gasteiger partial charge in [-0.15, -0.1) is 0 Å². The average molecular weight is 390 g/mol. The molecular weight excluding hydrogens is 368 g/mol. The van der Waals surface area contributed by atoms with Crippen LogP contribution in [0.25, 0.3) is 0 Å². The number of aryl methyl sites for hydroxylation is 1. The van der Waals surface area contributed by atoms with Crippen LogP contribution in [-0.4, -0.2) is 22.6 Å². The van der Waals surface area contributed by atoms with Gasteiger partial charge in [0.15, 0.2) is 0 Å². The van der Waals surface area contributed by atoms with Gasteiger partial charge in [0, 0.05) is 6.07 Å². The van der Waals surface area contributed by atoms with Crippen LogP contribution in [0.3, 0.4) is 0 Å². The number of fused-ring (bicyclic) bond motifs is 1. The zero-order valence-corrected chi connectivity index (χ0v) is 15.9. The molecule has 0 spiro atoms. The lowest BCUT2D eigenvalue weighted by Gasteiger charge is -2.26. The average Bonchev–Trinajstić information content (AvgIpc) is 2.75. The van der Waals surface area contributed by atoms with Crippen LogP contribution in [-0.2, 0) is 11.2 Å². The summed E-state index contributed by atoms with van der Waals surface area (Å²) in [5.74, 6) is 1.75. The number of pyridine rings is 1. The van der Waals surface area contributed by atoms with Crippen molar-refractivity contribution in [3.63, 3.8) is 0 Å². The molecule has 6 heteroatoms. The number of hydrogen-bond donors (Lipinski definition) is 2. The molecule has 2 N–H and O–H groups in total. The number of rotatable bonds is 6. The molecule has 1 aliphatic rings. The summed E-state index contributed by atoms with van der Waals surface area (Å²) in [5.41, 5.74) is 2.86. The second kappa shape index (κ2) is 8.75. The van der Waals surface area contributed by atoms with E-state index in [-0.39, 0.29) is 25.0 Å². The normalized spacial score (nSPS) is 15.1. The summed E-state index contributed by atoms with van der Waals surface area (Å²) in [5, 5.41) is 11.4. The fourth-order valence-corrected chi connectivity index (χ4v) is 3.29. The Balaban J connectivity index is 1.40. The van der Waals surface area contributed by atoms with Crippen LogP contribution in [0.15, 0.2) is 66.9 Å². The van der Waals surface area contributed by atoms with E-state index in [9.17, 15) is 4.79 Å². The minimum Gasteiger partial charge on any atom is -0.485 e. The Bertz CT molecular complexity index is 974. The van der Waals surface area contributed by atoms with E-state index in [4.69, 9.17) is 14.6 Å². The molecule has 29 heavy (non-hydrogen) atoms. The van der Waals surface area contributed by atoms with Crippen molar-refractivity contribution in [2.45, 2.75) is 25.4 Å². The molecule has 1 amide bonds. The van der Waals surface area contributed by atoms with E-state index in [1.54, 1.807) is 12.1 Å². The van der Waals surface area contributed by atoms with Crippen LogP contribution in [0.1, 0.15) is 30.1 Å². The molecule has 148 valence electrons. The largest absolute Gasteiger partial charge is 0.485 e. The zero-order chi connectivity index (χ0) is 20.1. The lowest BCUT2D eigenvalue weighted by atomic mass is 9.97. The summed E-state index contributed by atoms with van der Waals surface area (Å²) in [6, 6.07) is 19.4. The minimum absolute atomic E-state index is 0.0561. The monoisotopic (exact) mass is 390 g/mol. The van der Waals surface area contributed by atoms with Gasteiger partial charge in [0.1, 0.15) is 17.6 Å². The molecule has 1 atom stereocenters.